The van der Waals surface area contributed by atoms with Crippen LogP contribution in [0.4, 0.5) is 11.4 Å². The summed E-state index contributed by atoms with van der Waals surface area (Å²) < 4.78 is 2.35. The Hall–Kier alpha value is -3.53. The molecule has 4 rings (SSSR count). The van der Waals surface area contributed by atoms with Crippen molar-refractivity contribution in [3.63, 3.8) is 0 Å². The highest BCUT2D eigenvalue weighted by atomic mass is 15.1. The molecule has 0 saturated heterocycles. The lowest BCUT2D eigenvalue weighted by molar-refractivity contribution is 0.652. The maximum absolute atomic E-state index is 4.88. The fraction of sp³-hybridized carbons (Fsp3) is 0.222. The quantitative estimate of drug-likeness (QED) is 0.392. The fourth-order valence-electron chi connectivity index (χ4n) is 3.90. The normalized spacial score (nSPS) is 11.9. The average molecular weight is 411 g/mol. The van der Waals surface area contributed by atoms with E-state index in [1.165, 1.54) is 16.9 Å². The molecule has 0 bridgehead atoms. The van der Waals surface area contributed by atoms with Crippen LogP contribution in [0.15, 0.2) is 85.1 Å². The highest BCUT2D eigenvalue weighted by molar-refractivity contribution is 5.69. The maximum Gasteiger partial charge on any atom is 0.140 e. The molecule has 4 aromatic rings. The van der Waals surface area contributed by atoms with Crippen LogP contribution in [0.25, 0.3) is 22.6 Å². The third kappa shape index (κ3) is 4.19. The molecule has 4 heteroatoms. The predicted molar refractivity (Wildman–Crippen MR) is 132 cm³/mol. The van der Waals surface area contributed by atoms with Gasteiger partial charge in [0.25, 0.3) is 0 Å². The molecule has 0 N–H and O–H groups in total. The van der Waals surface area contributed by atoms with E-state index in [1.54, 1.807) is 0 Å². The number of rotatable bonds is 6. The summed E-state index contributed by atoms with van der Waals surface area (Å²) in [6.07, 6.45) is 2.00. The largest absolute Gasteiger partial charge is 0.378 e. The van der Waals surface area contributed by atoms with Crippen LogP contribution in [0.5, 0.6) is 0 Å². The Bertz CT molecular complexity index is 1060. The third-order valence-electron chi connectivity index (χ3n) is 5.79. The van der Waals surface area contributed by atoms with Crippen LogP contribution in [0.2, 0.25) is 0 Å². The molecule has 1 atom stereocenters. The number of anilines is 2. The van der Waals surface area contributed by atoms with Crippen molar-refractivity contribution in [3.8, 4) is 22.6 Å². The molecule has 31 heavy (non-hydrogen) atoms. The van der Waals surface area contributed by atoms with E-state index in [2.05, 4.69) is 128 Å². The highest BCUT2D eigenvalue weighted by Crippen LogP contribution is 2.34. The van der Waals surface area contributed by atoms with E-state index in [-0.39, 0.29) is 6.04 Å². The van der Waals surface area contributed by atoms with Gasteiger partial charge in [0.1, 0.15) is 5.82 Å². The summed E-state index contributed by atoms with van der Waals surface area (Å²) in [5, 5.41) is 0. The van der Waals surface area contributed by atoms with Gasteiger partial charge in [-0.25, -0.2) is 4.98 Å². The van der Waals surface area contributed by atoms with E-state index in [4.69, 9.17) is 4.98 Å². The summed E-state index contributed by atoms with van der Waals surface area (Å²) in [6, 6.07) is 28.1. The summed E-state index contributed by atoms with van der Waals surface area (Å²) in [6.45, 7) is 2.24. The van der Waals surface area contributed by atoms with Crippen LogP contribution in [0, 0.1) is 0 Å². The summed E-state index contributed by atoms with van der Waals surface area (Å²) >= 11 is 0. The number of aromatic nitrogens is 2. The van der Waals surface area contributed by atoms with Crippen molar-refractivity contribution in [2.45, 2.75) is 13.0 Å². The zero-order valence-corrected chi connectivity index (χ0v) is 18.9. The first-order valence-corrected chi connectivity index (χ1v) is 10.6. The Morgan fingerprint density at radius 3 is 1.71 bits per heavy atom. The van der Waals surface area contributed by atoms with Gasteiger partial charge < -0.3 is 14.4 Å². The Morgan fingerprint density at radius 2 is 1.19 bits per heavy atom. The molecule has 0 fully saturated rings. The number of benzene rings is 3. The van der Waals surface area contributed by atoms with Crippen LogP contribution in [0.3, 0.4) is 0 Å². The standard InChI is InChI=1S/C27H30N4/c1-20(21-9-7-6-8-10-21)31-26(22-11-15-24(16-12-22)29(2)3)19-28-27(31)23-13-17-25(18-14-23)30(4)5/h6-20H,1-5H3. The van der Waals surface area contributed by atoms with Gasteiger partial charge in [-0.2, -0.15) is 0 Å². The van der Waals surface area contributed by atoms with Gasteiger partial charge in [0, 0.05) is 45.1 Å². The maximum atomic E-state index is 4.88. The first-order chi connectivity index (χ1) is 15.0. The Balaban J connectivity index is 1.84. The third-order valence-corrected chi connectivity index (χ3v) is 5.79. The number of hydrogen-bond donors (Lipinski definition) is 0. The molecule has 0 saturated carbocycles. The fourth-order valence-corrected chi connectivity index (χ4v) is 3.90. The lowest BCUT2D eigenvalue weighted by Gasteiger charge is -2.21. The van der Waals surface area contributed by atoms with Crippen molar-refractivity contribution in [3.05, 3.63) is 90.6 Å². The van der Waals surface area contributed by atoms with E-state index in [0.29, 0.717) is 0 Å². The van der Waals surface area contributed by atoms with Crippen molar-refractivity contribution < 1.29 is 0 Å². The lowest BCUT2D eigenvalue weighted by Crippen LogP contribution is -2.11. The van der Waals surface area contributed by atoms with Crippen LogP contribution in [-0.2, 0) is 0 Å². The van der Waals surface area contributed by atoms with E-state index in [9.17, 15) is 0 Å². The molecule has 1 heterocycles. The zero-order chi connectivity index (χ0) is 22.0. The van der Waals surface area contributed by atoms with E-state index in [0.717, 1.165) is 22.6 Å². The summed E-state index contributed by atoms with van der Waals surface area (Å²) in [5.74, 6) is 0.980. The van der Waals surface area contributed by atoms with Gasteiger partial charge in [-0.1, -0.05) is 42.5 Å². The molecule has 4 nitrogen and oxygen atoms in total. The smallest absolute Gasteiger partial charge is 0.140 e. The first-order valence-electron chi connectivity index (χ1n) is 10.6. The van der Waals surface area contributed by atoms with E-state index < -0.39 is 0 Å². The second-order valence-electron chi connectivity index (χ2n) is 8.31. The summed E-state index contributed by atoms with van der Waals surface area (Å²) in [5.41, 5.74) is 7.02. The zero-order valence-electron chi connectivity index (χ0n) is 18.9. The minimum absolute atomic E-state index is 0.149. The topological polar surface area (TPSA) is 24.3 Å². The monoisotopic (exact) mass is 410 g/mol. The van der Waals surface area contributed by atoms with Gasteiger partial charge in [-0.3, -0.25) is 0 Å². The molecule has 0 spiro atoms. The molecule has 0 aliphatic carbocycles. The minimum atomic E-state index is 0.149. The van der Waals surface area contributed by atoms with Crippen molar-refractivity contribution in [1.82, 2.24) is 9.55 Å². The lowest BCUT2D eigenvalue weighted by atomic mass is 10.1. The average Bonchev–Trinajstić information content (AvgIpc) is 3.24. The Kier molecular flexibility index (Phi) is 5.81. The molecule has 158 valence electrons. The molecule has 3 aromatic carbocycles. The van der Waals surface area contributed by atoms with Crippen molar-refractivity contribution in [2.75, 3.05) is 38.0 Å². The van der Waals surface area contributed by atoms with Gasteiger partial charge >= 0.3 is 0 Å². The van der Waals surface area contributed by atoms with Crippen molar-refractivity contribution in [1.29, 1.82) is 0 Å². The first kappa shape index (κ1) is 20.7. The molecule has 0 radical (unpaired) electrons. The highest BCUT2D eigenvalue weighted by Gasteiger charge is 2.19. The molecule has 1 aromatic heterocycles. The minimum Gasteiger partial charge on any atom is -0.378 e. The molecule has 0 amide bonds. The van der Waals surface area contributed by atoms with Crippen molar-refractivity contribution >= 4 is 11.4 Å². The van der Waals surface area contributed by atoms with Crippen LogP contribution in [0.1, 0.15) is 18.5 Å². The summed E-state index contributed by atoms with van der Waals surface area (Å²) in [7, 11) is 8.24. The molecule has 0 aliphatic rings. The molecular weight excluding hydrogens is 380 g/mol. The predicted octanol–water partition coefficient (Wildman–Crippen LogP) is 5.96. The van der Waals surface area contributed by atoms with E-state index >= 15 is 0 Å². The van der Waals surface area contributed by atoms with E-state index in [1.807, 2.05) is 6.20 Å². The van der Waals surface area contributed by atoms with Crippen LogP contribution in [-0.4, -0.2) is 37.7 Å². The Morgan fingerprint density at radius 1 is 0.677 bits per heavy atom. The number of nitrogens with zero attached hydrogens (tertiary/aromatic N) is 4. The summed E-state index contributed by atoms with van der Waals surface area (Å²) in [4.78, 5) is 9.11. The number of imidazole rings is 1. The number of hydrogen-bond acceptors (Lipinski definition) is 3. The van der Waals surface area contributed by atoms with Gasteiger partial charge in [0.2, 0.25) is 0 Å². The molecule has 0 aliphatic heterocycles. The second kappa shape index (κ2) is 8.68. The van der Waals surface area contributed by atoms with Gasteiger partial charge in [0.05, 0.1) is 17.9 Å². The van der Waals surface area contributed by atoms with Gasteiger partial charge in [-0.05, 0) is 54.4 Å². The molecular formula is C27H30N4. The van der Waals surface area contributed by atoms with Crippen LogP contribution < -0.4 is 9.80 Å². The molecule has 1 unspecified atom stereocenters. The van der Waals surface area contributed by atoms with Crippen molar-refractivity contribution in [2.24, 2.45) is 0 Å². The van der Waals surface area contributed by atoms with Gasteiger partial charge in [-0.15, -0.1) is 0 Å². The second-order valence-corrected chi connectivity index (χ2v) is 8.31. The Labute approximate surface area is 185 Å². The van der Waals surface area contributed by atoms with Gasteiger partial charge in [0.15, 0.2) is 0 Å². The van der Waals surface area contributed by atoms with Crippen LogP contribution >= 0.6 is 0 Å². The SMILES string of the molecule is CC(c1ccccc1)n1c(-c2ccc(N(C)C)cc2)cnc1-c1ccc(N(C)C)cc1.